The molecular formula is C23H25N5O6. The number of carbonyl (C=O) groups is 1. The molecule has 1 N–H and O–H groups in total. The van der Waals surface area contributed by atoms with Crippen molar-refractivity contribution in [2.45, 2.75) is 39.7 Å². The molecule has 0 aliphatic heterocycles. The Balaban J connectivity index is 1.98. The van der Waals surface area contributed by atoms with Crippen LogP contribution in [0.2, 0.25) is 0 Å². The number of carbonyl (C=O) groups excluding carboxylic acids is 1. The second-order valence-corrected chi connectivity index (χ2v) is 8.04. The molecule has 11 nitrogen and oxygen atoms in total. The maximum atomic E-state index is 13.3. The molecule has 0 aliphatic carbocycles. The van der Waals surface area contributed by atoms with E-state index in [-0.39, 0.29) is 53.7 Å². The van der Waals surface area contributed by atoms with Gasteiger partial charge in [0.1, 0.15) is 5.75 Å². The highest BCUT2D eigenvalue weighted by Crippen LogP contribution is 2.23. The molecule has 4 rings (SSSR count). The van der Waals surface area contributed by atoms with E-state index in [9.17, 15) is 24.3 Å². The van der Waals surface area contributed by atoms with Crippen LogP contribution >= 0.6 is 0 Å². The highest BCUT2D eigenvalue weighted by Gasteiger charge is 2.24. The quantitative estimate of drug-likeness (QED) is 0.332. The Kier molecular flexibility index (Phi) is 5.86. The maximum absolute atomic E-state index is 13.3. The van der Waals surface area contributed by atoms with Crippen molar-refractivity contribution in [3.63, 3.8) is 0 Å². The van der Waals surface area contributed by atoms with Crippen molar-refractivity contribution in [2.75, 3.05) is 0 Å². The molecule has 0 spiro atoms. The number of fused-ring (bicyclic) bond motifs is 3. The van der Waals surface area contributed by atoms with E-state index in [1.807, 2.05) is 6.92 Å². The van der Waals surface area contributed by atoms with Crippen LogP contribution in [-0.4, -0.2) is 34.2 Å². The van der Waals surface area contributed by atoms with Crippen LogP contribution in [0.25, 0.3) is 16.9 Å². The lowest BCUT2D eigenvalue weighted by Gasteiger charge is -2.14. The molecule has 11 heteroatoms. The minimum Gasteiger partial charge on any atom is -0.494 e. The van der Waals surface area contributed by atoms with Crippen LogP contribution in [0.5, 0.6) is 11.6 Å². The number of ether oxygens (including phenoxy) is 1. The fourth-order valence-corrected chi connectivity index (χ4v) is 3.91. The normalized spacial score (nSPS) is 11.4. The van der Waals surface area contributed by atoms with Gasteiger partial charge in [0.15, 0.2) is 11.2 Å². The van der Waals surface area contributed by atoms with Crippen LogP contribution in [-0.2, 0) is 31.9 Å². The lowest BCUT2D eigenvalue weighted by molar-refractivity contribution is -0.134. The first-order valence-corrected chi connectivity index (χ1v) is 10.9. The summed E-state index contributed by atoms with van der Waals surface area (Å²) in [6.07, 6.45) is 1.13. The molecule has 0 amide bonds. The summed E-state index contributed by atoms with van der Waals surface area (Å²) >= 11 is 0. The zero-order valence-electron chi connectivity index (χ0n) is 19.4. The van der Waals surface area contributed by atoms with Gasteiger partial charge in [-0.2, -0.15) is 4.98 Å². The minimum absolute atomic E-state index is 0.0301. The zero-order valence-corrected chi connectivity index (χ0v) is 19.4. The summed E-state index contributed by atoms with van der Waals surface area (Å²) in [5.74, 6) is -0.176. The molecule has 3 heterocycles. The summed E-state index contributed by atoms with van der Waals surface area (Å²) in [6.45, 7) is 3.69. The topological polar surface area (TPSA) is 130 Å². The van der Waals surface area contributed by atoms with Gasteiger partial charge in [0.25, 0.3) is 11.1 Å². The lowest BCUT2D eigenvalue weighted by Crippen LogP contribution is -2.38. The fraction of sp³-hybridized carbons (Fsp3) is 0.348. The summed E-state index contributed by atoms with van der Waals surface area (Å²) in [6, 6.07) is 6.72. The van der Waals surface area contributed by atoms with Crippen molar-refractivity contribution < 1.29 is 14.6 Å². The molecule has 4 aromatic rings. The van der Waals surface area contributed by atoms with Gasteiger partial charge >= 0.3 is 11.7 Å². The van der Waals surface area contributed by atoms with Crippen LogP contribution in [0, 0.1) is 0 Å². The molecule has 178 valence electrons. The standard InChI is InChI=1S/C23H25N5O6/c1-5-7-15-19(30)27(12-13-8-10-14(11-9-13)34-16(29)6-2)22-24-18-17(28(22)20(15)31)21(32)26(4)23(33)25(18)3/h8-11,30H,5-7,12H2,1-4H3. The third-order valence-electron chi connectivity index (χ3n) is 5.75. The summed E-state index contributed by atoms with van der Waals surface area (Å²) < 4.78 is 9.91. The predicted molar refractivity (Wildman–Crippen MR) is 125 cm³/mol. The number of aromatic hydroxyl groups is 1. The number of esters is 1. The van der Waals surface area contributed by atoms with Gasteiger partial charge in [-0.15, -0.1) is 0 Å². The minimum atomic E-state index is -0.649. The monoisotopic (exact) mass is 467 g/mol. The average Bonchev–Trinajstić information content (AvgIpc) is 3.23. The van der Waals surface area contributed by atoms with Gasteiger partial charge in [-0.1, -0.05) is 32.4 Å². The van der Waals surface area contributed by atoms with Crippen LogP contribution < -0.4 is 21.5 Å². The zero-order chi connectivity index (χ0) is 24.7. The third-order valence-corrected chi connectivity index (χ3v) is 5.75. The Labute approximate surface area is 193 Å². The van der Waals surface area contributed by atoms with E-state index < -0.39 is 16.8 Å². The molecule has 0 bridgehead atoms. The molecule has 1 aromatic carbocycles. The van der Waals surface area contributed by atoms with Crippen molar-refractivity contribution in [1.29, 1.82) is 0 Å². The van der Waals surface area contributed by atoms with Crippen LogP contribution in [0.1, 0.15) is 37.8 Å². The summed E-state index contributed by atoms with van der Waals surface area (Å²) in [5, 5.41) is 11.0. The number of imidazole rings is 1. The largest absolute Gasteiger partial charge is 0.494 e. The van der Waals surface area contributed by atoms with E-state index in [0.29, 0.717) is 12.2 Å². The molecule has 0 radical (unpaired) electrons. The average molecular weight is 467 g/mol. The van der Waals surface area contributed by atoms with E-state index in [0.717, 1.165) is 10.1 Å². The van der Waals surface area contributed by atoms with Crippen molar-refractivity contribution in [2.24, 2.45) is 14.1 Å². The van der Waals surface area contributed by atoms with Crippen molar-refractivity contribution in [1.82, 2.24) is 23.1 Å². The van der Waals surface area contributed by atoms with Crippen LogP contribution in [0.15, 0.2) is 38.6 Å². The van der Waals surface area contributed by atoms with Gasteiger partial charge in [-0.05, 0) is 24.1 Å². The van der Waals surface area contributed by atoms with E-state index in [1.165, 1.54) is 27.6 Å². The molecule has 0 fully saturated rings. The molecular weight excluding hydrogens is 442 g/mol. The number of benzene rings is 1. The fourth-order valence-electron chi connectivity index (χ4n) is 3.91. The lowest BCUT2D eigenvalue weighted by atomic mass is 10.1. The van der Waals surface area contributed by atoms with Crippen molar-refractivity contribution >= 4 is 22.9 Å². The number of aromatic nitrogens is 5. The SMILES string of the molecule is CCCc1c(O)n(Cc2ccc(OC(=O)CC)cc2)c2nc3c(c(=O)n(C)c(=O)n3C)n2c1=O. The van der Waals surface area contributed by atoms with E-state index in [1.54, 1.807) is 31.2 Å². The first-order valence-electron chi connectivity index (χ1n) is 10.9. The van der Waals surface area contributed by atoms with Crippen LogP contribution in [0.4, 0.5) is 0 Å². The van der Waals surface area contributed by atoms with Gasteiger partial charge in [-0.25, -0.2) is 9.20 Å². The first-order chi connectivity index (χ1) is 16.2. The Morgan fingerprint density at radius 3 is 2.32 bits per heavy atom. The van der Waals surface area contributed by atoms with Gasteiger partial charge in [0.2, 0.25) is 11.7 Å². The third kappa shape index (κ3) is 3.58. The molecule has 0 saturated carbocycles. The highest BCUT2D eigenvalue weighted by molar-refractivity contribution is 5.75. The number of aryl methyl sites for hydroxylation is 1. The second kappa shape index (κ2) is 8.65. The van der Waals surface area contributed by atoms with E-state index in [2.05, 4.69) is 4.98 Å². The van der Waals surface area contributed by atoms with Gasteiger partial charge in [0.05, 0.1) is 12.1 Å². The van der Waals surface area contributed by atoms with Gasteiger partial charge < -0.3 is 9.84 Å². The number of rotatable bonds is 6. The second-order valence-electron chi connectivity index (χ2n) is 8.04. The summed E-state index contributed by atoms with van der Waals surface area (Å²) in [5.41, 5.74) is -0.872. The smallest absolute Gasteiger partial charge is 0.332 e. The van der Waals surface area contributed by atoms with Crippen molar-refractivity contribution in [3.05, 3.63) is 66.6 Å². The Morgan fingerprint density at radius 1 is 1.03 bits per heavy atom. The number of nitrogens with zero attached hydrogens (tertiary/aromatic N) is 5. The molecule has 0 atom stereocenters. The highest BCUT2D eigenvalue weighted by atomic mass is 16.5. The summed E-state index contributed by atoms with van der Waals surface area (Å²) in [7, 11) is 2.80. The van der Waals surface area contributed by atoms with E-state index >= 15 is 0 Å². The van der Waals surface area contributed by atoms with Gasteiger partial charge in [0, 0.05) is 20.5 Å². The summed E-state index contributed by atoms with van der Waals surface area (Å²) in [4.78, 5) is 54.6. The maximum Gasteiger partial charge on any atom is 0.332 e. The molecule has 0 saturated heterocycles. The van der Waals surface area contributed by atoms with Gasteiger partial charge in [-0.3, -0.25) is 28.1 Å². The molecule has 3 aromatic heterocycles. The Morgan fingerprint density at radius 2 is 1.71 bits per heavy atom. The van der Waals surface area contributed by atoms with Crippen molar-refractivity contribution in [3.8, 4) is 11.6 Å². The predicted octanol–water partition coefficient (Wildman–Crippen LogP) is 1.07. The molecule has 0 aliphatic rings. The Hall–Kier alpha value is -4.15. The molecule has 0 unspecified atom stereocenters. The molecule has 34 heavy (non-hydrogen) atoms. The van der Waals surface area contributed by atoms with E-state index in [4.69, 9.17) is 4.74 Å². The number of hydrogen-bond donors (Lipinski definition) is 1. The number of hydrogen-bond acceptors (Lipinski definition) is 7. The van der Waals surface area contributed by atoms with Crippen LogP contribution in [0.3, 0.4) is 0 Å². The first kappa shape index (κ1) is 23.0. The Bertz CT molecular complexity index is 1600.